The minimum atomic E-state index is 0.0213. The van der Waals surface area contributed by atoms with Crippen LogP contribution in [0.2, 0.25) is 5.02 Å². The van der Waals surface area contributed by atoms with E-state index < -0.39 is 0 Å². The number of hydrogen-bond donors (Lipinski definition) is 1. The van der Waals surface area contributed by atoms with Crippen LogP contribution in [0.25, 0.3) is 16.8 Å². The Labute approximate surface area is 170 Å². The summed E-state index contributed by atoms with van der Waals surface area (Å²) >= 11 is 6.23. The van der Waals surface area contributed by atoms with Gasteiger partial charge in [-0.15, -0.1) is 5.10 Å². The molecular formula is C22H25ClN4O. The summed E-state index contributed by atoms with van der Waals surface area (Å²) in [5, 5.41) is 8.37. The van der Waals surface area contributed by atoms with E-state index in [1.54, 1.807) is 4.52 Å². The molecule has 3 aromatic rings. The maximum atomic E-state index is 12.8. The van der Waals surface area contributed by atoms with Crippen molar-refractivity contribution in [1.82, 2.24) is 14.6 Å². The fraction of sp³-hybridized carbons (Fsp3) is 0.409. The number of nitrogens with one attached hydrogen (secondary N) is 1. The molecule has 2 heterocycles. The Morgan fingerprint density at radius 2 is 2.00 bits per heavy atom. The molecule has 1 aliphatic carbocycles. The highest BCUT2D eigenvalue weighted by Crippen LogP contribution is 2.34. The number of rotatable bonds is 4. The first kappa shape index (κ1) is 18.9. The largest absolute Gasteiger partial charge is 0.309 e. The molecule has 1 saturated carbocycles. The van der Waals surface area contributed by atoms with Gasteiger partial charge in [-0.1, -0.05) is 43.0 Å². The smallest absolute Gasteiger partial charge is 0.225 e. The molecular weight excluding hydrogens is 372 g/mol. The van der Waals surface area contributed by atoms with Crippen molar-refractivity contribution in [3.8, 4) is 11.1 Å². The first-order chi connectivity index (χ1) is 13.5. The number of carbonyl (C=O) groups excluding carboxylic acids is 1. The maximum absolute atomic E-state index is 12.8. The van der Waals surface area contributed by atoms with E-state index in [9.17, 15) is 4.79 Å². The molecule has 4 rings (SSSR count). The topological polar surface area (TPSA) is 59.3 Å². The van der Waals surface area contributed by atoms with Crippen molar-refractivity contribution in [2.45, 2.75) is 52.4 Å². The van der Waals surface area contributed by atoms with E-state index >= 15 is 0 Å². The van der Waals surface area contributed by atoms with Crippen LogP contribution in [0, 0.1) is 19.8 Å². The van der Waals surface area contributed by atoms with E-state index in [0.717, 1.165) is 41.0 Å². The molecule has 1 aliphatic rings. The molecule has 1 amide bonds. The lowest BCUT2D eigenvalue weighted by Gasteiger charge is -2.20. The molecule has 0 bridgehead atoms. The number of aryl methyl sites for hydroxylation is 2. The second-order valence-corrected chi connectivity index (χ2v) is 8.20. The first-order valence-corrected chi connectivity index (χ1v) is 10.3. The SMILES string of the molecule is Cc1cc(C)n2nc(NC(=O)CC3CCCCC3)c(-c3cccc(Cl)c3)c2n1. The third kappa shape index (κ3) is 3.90. The average molecular weight is 397 g/mol. The molecule has 146 valence electrons. The molecule has 0 atom stereocenters. The van der Waals surface area contributed by atoms with Crippen molar-refractivity contribution in [1.29, 1.82) is 0 Å². The van der Waals surface area contributed by atoms with Gasteiger partial charge in [0.05, 0.1) is 5.56 Å². The Balaban J connectivity index is 1.73. The fourth-order valence-corrected chi connectivity index (χ4v) is 4.35. The summed E-state index contributed by atoms with van der Waals surface area (Å²) < 4.78 is 1.79. The number of nitrogens with zero attached hydrogens (tertiary/aromatic N) is 3. The van der Waals surface area contributed by atoms with Gasteiger partial charge in [0.1, 0.15) is 0 Å². The van der Waals surface area contributed by atoms with Gasteiger partial charge in [0.15, 0.2) is 11.5 Å². The van der Waals surface area contributed by atoms with Crippen molar-refractivity contribution in [2.75, 3.05) is 5.32 Å². The zero-order valence-corrected chi connectivity index (χ0v) is 17.1. The lowest BCUT2D eigenvalue weighted by molar-refractivity contribution is -0.117. The predicted octanol–water partition coefficient (Wildman–Crippen LogP) is 5.58. The third-order valence-electron chi connectivity index (χ3n) is 5.47. The van der Waals surface area contributed by atoms with Crippen LogP contribution in [0.1, 0.15) is 49.9 Å². The van der Waals surface area contributed by atoms with Crippen LogP contribution >= 0.6 is 11.6 Å². The normalized spacial score (nSPS) is 15.1. The highest BCUT2D eigenvalue weighted by Gasteiger charge is 2.22. The van der Waals surface area contributed by atoms with Crippen LogP contribution in [-0.4, -0.2) is 20.5 Å². The molecule has 0 radical (unpaired) electrons. The summed E-state index contributed by atoms with van der Waals surface area (Å²) in [6.07, 6.45) is 6.56. The molecule has 1 fully saturated rings. The highest BCUT2D eigenvalue weighted by atomic mass is 35.5. The van der Waals surface area contributed by atoms with Gasteiger partial charge in [-0.3, -0.25) is 4.79 Å². The number of aromatic nitrogens is 3. The molecule has 28 heavy (non-hydrogen) atoms. The van der Waals surface area contributed by atoms with E-state index in [2.05, 4.69) is 10.4 Å². The van der Waals surface area contributed by atoms with E-state index in [-0.39, 0.29) is 5.91 Å². The van der Waals surface area contributed by atoms with Crippen LogP contribution in [-0.2, 0) is 4.79 Å². The Kier molecular flexibility index (Phi) is 5.36. The zero-order chi connectivity index (χ0) is 19.7. The van der Waals surface area contributed by atoms with E-state index in [1.165, 1.54) is 19.3 Å². The summed E-state index contributed by atoms with van der Waals surface area (Å²) in [5.74, 6) is 1.04. The molecule has 5 nitrogen and oxygen atoms in total. The third-order valence-corrected chi connectivity index (χ3v) is 5.70. The Hall–Kier alpha value is -2.40. The molecule has 0 unspecified atom stereocenters. The summed E-state index contributed by atoms with van der Waals surface area (Å²) in [7, 11) is 0. The Morgan fingerprint density at radius 1 is 1.21 bits per heavy atom. The van der Waals surface area contributed by atoms with Crippen molar-refractivity contribution in [3.05, 3.63) is 46.7 Å². The quantitative estimate of drug-likeness (QED) is 0.626. The van der Waals surface area contributed by atoms with Gasteiger partial charge in [-0.2, -0.15) is 0 Å². The van der Waals surface area contributed by atoms with Gasteiger partial charge >= 0.3 is 0 Å². The van der Waals surface area contributed by atoms with Gasteiger partial charge in [0, 0.05) is 22.8 Å². The minimum absolute atomic E-state index is 0.0213. The lowest BCUT2D eigenvalue weighted by atomic mass is 9.87. The minimum Gasteiger partial charge on any atom is -0.309 e. The highest BCUT2D eigenvalue weighted by molar-refractivity contribution is 6.30. The molecule has 0 saturated heterocycles. The van der Waals surface area contributed by atoms with E-state index in [1.807, 2.05) is 44.2 Å². The number of halogens is 1. The number of carbonyl (C=O) groups is 1. The molecule has 0 aliphatic heterocycles. The number of amides is 1. The summed E-state index contributed by atoms with van der Waals surface area (Å²) in [6.45, 7) is 3.95. The van der Waals surface area contributed by atoms with E-state index in [0.29, 0.717) is 23.2 Å². The number of fused-ring (bicyclic) bond motifs is 1. The van der Waals surface area contributed by atoms with Gasteiger partial charge in [0.25, 0.3) is 0 Å². The fourth-order valence-electron chi connectivity index (χ4n) is 4.15. The van der Waals surface area contributed by atoms with E-state index in [4.69, 9.17) is 16.6 Å². The number of benzene rings is 1. The first-order valence-electron chi connectivity index (χ1n) is 9.94. The van der Waals surface area contributed by atoms with Gasteiger partial charge < -0.3 is 5.32 Å². The van der Waals surface area contributed by atoms with Gasteiger partial charge in [0.2, 0.25) is 5.91 Å². The van der Waals surface area contributed by atoms with Crippen LogP contribution in [0.4, 0.5) is 5.82 Å². The summed E-state index contributed by atoms with van der Waals surface area (Å²) in [5.41, 5.74) is 4.32. The molecule has 0 spiro atoms. The maximum Gasteiger partial charge on any atom is 0.225 e. The predicted molar refractivity (Wildman–Crippen MR) is 113 cm³/mol. The van der Waals surface area contributed by atoms with Gasteiger partial charge in [-0.25, -0.2) is 9.50 Å². The lowest BCUT2D eigenvalue weighted by Crippen LogP contribution is -2.19. The van der Waals surface area contributed by atoms with Crippen molar-refractivity contribution in [3.63, 3.8) is 0 Å². The Morgan fingerprint density at radius 3 is 2.75 bits per heavy atom. The summed E-state index contributed by atoms with van der Waals surface area (Å²) in [6, 6.07) is 9.57. The van der Waals surface area contributed by atoms with Crippen molar-refractivity contribution in [2.24, 2.45) is 5.92 Å². The molecule has 2 aromatic heterocycles. The van der Waals surface area contributed by atoms with Crippen LogP contribution < -0.4 is 5.32 Å². The second kappa shape index (κ2) is 7.92. The zero-order valence-electron chi connectivity index (χ0n) is 16.3. The van der Waals surface area contributed by atoms with Crippen molar-refractivity contribution < 1.29 is 4.79 Å². The van der Waals surface area contributed by atoms with Crippen LogP contribution in [0.3, 0.4) is 0 Å². The van der Waals surface area contributed by atoms with Crippen molar-refractivity contribution >= 4 is 29.0 Å². The molecule has 6 heteroatoms. The van der Waals surface area contributed by atoms with Crippen LogP contribution in [0.15, 0.2) is 30.3 Å². The summed E-state index contributed by atoms with van der Waals surface area (Å²) in [4.78, 5) is 17.4. The number of hydrogen-bond acceptors (Lipinski definition) is 3. The van der Waals surface area contributed by atoms with Crippen LogP contribution in [0.5, 0.6) is 0 Å². The average Bonchev–Trinajstić information content (AvgIpc) is 3.00. The van der Waals surface area contributed by atoms with Gasteiger partial charge in [-0.05, 0) is 56.4 Å². The molecule has 1 aromatic carbocycles. The number of anilines is 1. The monoisotopic (exact) mass is 396 g/mol. The Bertz CT molecular complexity index is 1020. The standard InChI is InChI=1S/C22H25ClN4O/c1-14-11-15(2)27-22(24-14)20(17-9-6-10-18(23)13-17)21(26-27)25-19(28)12-16-7-4-3-5-8-16/h6,9-11,13,16H,3-5,7-8,12H2,1-2H3,(H,25,26,28). The molecule has 1 N–H and O–H groups in total. The second-order valence-electron chi connectivity index (χ2n) is 7.76.